The quantitative estimate of drug-likeness (QED) is 0.515. The van der Waals surface area contributed by atoms with Gasteiger partial charge in [0.05, 0.1) is 0 Å². The largest absolute Gasteiger partial charge is 0.480 e. The molecule has 0 fully saturated rings. The van der Waals surface area contributed by atoms with Gasteiger partial charge in [-0.05, 0) is 35.6 Å². The van der Waals surface area contributed by atoms with Gasteiger partial charge >= 0.3 is 12.1 Å². The molecule has 0 heterocycles. The Balaban J connectivity index is 1.99. The minimum absolute atomic E-state index is 0.0665. The highest BCUT2D eigenvalue weighted by Gasteiger charge is 2.27. The molecule has 2 aromatic rings. The van der Waals surface area contributed by atoms with Crippen LogP contribution in [0.15, 0.2) is 54.6 Å². The van der Waals surface area contributed by atoms with Crippen molar-refractivity contribution in [2.75, 3.05) is 0 Å². The van der Waals surface area contributed by atoms with Crippen LogP contribution in [0.5, 0.6) is 0 Å². The third kappa shape index (κ3) is 8.68. The molecule has 3 N–H and O–H groups in total. The van der Waals surface area contributed by atoms with Crippen molar-refractivity contribution in [1.29, 1.82) is 0 Å². The van der Waals surface area contributed by atoms with Crippen molar-refractivity contribution in [3.05, 3.63) is 70.7 Å². The van der Waals surface area contributed by atoms with Gasteiger partial charge in [0.1, 0.15) is 18.7 Å². The summed E-state index contributed by atoms with van der Waals surface area (Å²) in [5, 5.41) is 15.2. The number of carbonyl (C=O) groups is 3. The van der Waals surface area contributed by atoms with Crippen molar-refractivity contribution >= 4 is 29.6 Å². The Morgan fingerprint density at radius 2 is 1.58 bits per heavy atom. The fourth-order valence-corrected chi connectivity index (χ4v) is 3.06. The van der Waals surface area contributed by atoms with Gasteiger partial charge in [-0.15, -0.1) is 0 Å². The van der Waals surface area contributed by atoms with Gasteiger partial charge in [0.25, 0.3) is 0 Å². The Morgan fingerprint density at radius 1 is 0.935 bits per heavy atom. The van der Waals surface area contributed by atoms with Crippen molar-refractivity contribution < 1.29 is 24.2 Å². The van der Waals surface area contributed by atoms with Gasteiger partial charge < -0.3 is 20.5 Å². The Kier molecular flexibility index (Phi) is 9.34. The Morgan fingerprint density at radius 3 is 2.16 bits per heavy atom. The van der Waals surface area contributed by atoms with E-state index in [-0.39, 0.29) is 18.9 Å². The molecule has 0 aliphatic rings. The molecule has 0 radical (unpaired) electrons. The lowest BCUT2D eigenvalue weighted by Gasteiger charge is -2.22. The standard InChI is InChI=1S/C23H27ClN2O5/c1-15(2)12-19(26-23(30)31-14-17-6-4-3-5-7-17)21(27)25-20(22(28)29)13-16-8-10-18(24)11-9-16/h3-11,15,19-20H,12-14H2,1-2H3,(H,25,27)(H,26,30)(H,28,29)/t19-,20-/m0/s1. The predicted molar refractivity (Wildman–Crippen MR) is 118 cm³/mol. The third-order valence-corrected chi connectivity index (χ3v) is 4.75. The van der Waals surface area contributed by atoms with Crippen LogP contribution < -0.4 is 10.6 Å². The molecule has 0 spiro atoms. The van der Waals surface area contributed by atoms with E-state index in [0.717, 1.165) is 5.56 Å². The fraction of sp³-hybridized carbons (Fsp3) is 0.348. The lowest BCUT2D eigenvalue weighted by atomic mass is 10.0. The van der Waals surface area contributed by atoms with Crippen molar-refractivity contribution in [3.63, 3.8) is 0 Å². The van der Waals surface area contributed by atoms with E-state index >= 15 is 0 Å². The summed E-state index contributed by atoms with van der Waals surface area (Å²) in [4.78, 5) is 36.7. The first kappa shape index (κ1) is 24.2. The Hall–Kier alpha value is -3.06. The molecule has 0 aliphatic carbocycles. The predicted octanol–water partition coefficient (Wildman–Crippen LogP) is 3.79. The van der Waals surface area contributed by atoms with E-state index in [2.05, 4.69) is 10.6 Å². The summed E-state index contributed by atoms with van der Waals surface area (Å²) in [5.74, 6) is -1.66. The first-order chi connectivity index (χ1) is 14.7. The molecule has 0 aromatic heterocycles. The van der Waals surface area contributed by atoms with Crippen LogP contribution in [-0.2, 0) is 27.4 Å². The van der Waals surface area contributed by atoms with Gasteiger partial charge in [-0.3, -0.25) is 4.79 Å². The minimum Gasteiger partial charge on any atom is -0.480 e. The van der Waals surface area contributed by atoms with Gasteiger partial charge in [0, 0.05) is 11.4 Å². The number of hydrogen-bond acceptors (Lipinski definition) is 4. The molecular weight excluding hydrogens is 420 g/mol. The molecule has 2 aromatic carbocycles. The number of carboxylic acids is 1. The monoisotopic (exact) mass is 446 g/mol. The van der Waals surface area contributed by atoms with E-state index in [1.54, 1.807) is 24.3 Å². The first-order valence-corrected chi connectivity index (χ1v) is 10.4. The van der Waals surface area contributed by atoms with E-state index in [1.807, 2.05) is 44.2 Å². The zero-order valence-electron chi connectivity index (χ0n) is 17.5. The summed E-state index contributed by atoms with van der Waals surface area (Å²) in [6.07, 6.45) is -0.320. The van der Waals surface area contributed by atoms with Crippen LogP contribution in [0, 0.1) is 5.92 Å². The average molecular weight is 447 g/mol. The summed E-state index contributed by atoms with van der Waals surface area (Å²) in [6.45, 7) is 3.87. The van der Waals surface area contributed by atoms with E-state index < -0.39 is 30.1 Å². The molecule has 0 aliphatic heterocycles. The molecule has 2 atom stereocenters. The summed E-state index contributed by atoms with van der Waals surface area (Å²) >= 11 is 5.86. The van der Waals surface area contributed by atoms with Gasteiger partial charge in [0.15, 0.2) is 0 Å². The number of amides is 2. The number of alkyl carbamates (subject to hydrolysis) is 1. The van der Waals surface area contributed by atoms with Crippen LogP contribution in [0.25, 0.3) is 0 Å². The molecular formula is C23H27ClN2O5. The number of rotatable bonds is 10. The summed E-state index contributed by atoms with van der Waals surface area (Å²) in [6, 6.07) is 13.8. The van der Waals surface area contributed by atoms with Crippen molar-refractivity contribution in [2.45, 2.75) is 45.4 Å². The lowest BCUT2D eigenvalue weighted by molar-refractivity contribution is -0.142. The second kappa shape index (κ2) is 12.0. The number of carbonyl (C=O) groups excluding carboxylic acids is 2. The number of halogens is 1. The summed E-state index contributed by atoms with van der Waals surface area (Å²) in [7, 11) is 0. The molecule has 31 heavy (non-hydrogen) atoms. The van der Waals surface area contributed by atoms with Gasteiger partial charge in [-0.2, -0.15) is 0 Å². The SMILES string of the molecule is CC(C)C[C@H](NC(=O)OCc1ccccc1)C(=O)N[C@@H](Cc1ccc(Cl)cc1)C(=O)O. The number of ether oxygens (including phenoxy) is 1. The van der Waals surface area contributed by atoms with Gasteiger partial charge in [-0.25, -0.2) is 9.59 Å². The Bertz CT molecular complexity index is 871. The number of carboxylic acid groups (broad SMARTS) is 1. The van der Waals surface area contributed by atoms with Crippen LogP contribution in [-0.4, -0.2) is 35.2 Å². The molecule has 0 saturated carbocycles. The second-order valence-electron chi connectivity index (χ2n) is 7.62. The van der Waals surface area contributed by atoms with Crippen LogP contribution in [0.3, 0.4) is 0 Å². The maximum absolute atomic E-state index is 12.8. The number of aliphatic carboxylic acids is 1. The Labute approximate surface area is 186 Å². The molecule has 0 saturated heterocycles. The molecule has 7 nitrogen and oxygen atoms in total. The number of benzene rings is 2. The zero-order valence-corrected chi connectivity index (χ0v) is 18.3. The summed E-state index contributed by atoms with van der Waals surface area (Å²) in [5.41, 5.74) is 1.53. The molecule has 166 valence electrons. The number of nitrogens with one attached hydrogen (secondary N) is 2. The van der Waals surface area contributed by atoms with Crippen LogP contribution in [0.1, 0.15) is 31.4 Å². The summed E-state index contributed by atoms with van der Waals surface area (Å²) < 4.78 is 5.19. The van der Waals surface area contributed by atoms with E-state index in [1.165, 1.54) is 0 Å². The number of hydrogen-bond donors (Lipinski definition) is 3. The molecule has 8 heteroatoms. The van der Waals surface area contributed by atoms with E-state index in [4.69, 9.17) is 16.3 Å². The van der Waals surface area contributed by atoms with Gasteiger partial charge in [-0.1, -0.05) is 67.9 Å². The van der Waals surface area contributed by atoms with Crippen molar-refractivity contribution in [1.82, 2.24) is 10.6 Å². The lowest BCUT2D eigenvalue weighted by Crippen LogP contribution is -2.52. The fourth-order valence-electron chi connectivity index (χ4n) is 2.94. The van der Waals surface area contributed by atoms with E-state index in [9.17, 15) is 19.5 Å². The highest BCUT2D eigenvalue weighted by molar-refractivity contribution is 6.30. The average Bonchev–Trinajstić information content (AvgIpc) is 2.73. The van der Waals surface area contributed by atoms with Gasteiger partial charge in [0.2, 0.25) is 5.91 Å². The van der Waals surface area contributed by atoms with Crippen LogP contribution in [0.4, 0.5) is 4.79 Å². The van der Waals surface area contributed by atoms with Crippen molar-refractivity contribution in [2.24, 2.45) is 5.92 Å². The van der Waals surface area contributed by atoms with Crippen LogP contribution in [0.2, 0.25) is 5.02 Å². The highest BCUT2D eigenvalue weighted by atomic mass is 35.5. The second-order valence-corrected chi connectivity index (χ2v) is 8.05. The first-order valence-electron chi connectivity index (χ1n) is 9.99. The van der Waals surface area contributed by atoms with E-state index in [0.29, 0.717) is 17.0 Å². The molecule has 0 bridgehead atoms. The zero-order chi connectivity index (χ0) is 22.8. The highest BCUT2D eigenvalue weighted by Crippen LogP contribution is 2.12. The van der Waals surface area contributed by atoms with Crippen LogP contribution >= 0.6 is 11.6 Å². The third-order valence-electron chi connectivity index (χ3n) is 4.50. The molecule has 2 rings (SSSR count). The maximum atomic E-state index is 12.8. The van der Waals surface area contributed by atoms with Crippen molar-refractivity contribution in [3.8, 4) is 0 Å². The minimum atomic E-state index is -1.17. The molecule has 2 amide bonds. The smallest absolute Gasteiger partial charge is 0.408 e. The molecule has 0 unspecified atom stereocenters. The topological polar surface area (TPSA) is 105 Å². The maximum Gasteiger partial charge on any atom is 0.408 e. The normalized spacial score (nSPS) is 12.6.